The Morgan fingerprint density at radius 1 is 1.25 bits per heavy atom. The lowest BCUT2D eigenvalue weighted by atomic mass is 9.44. The number of fused-ring (bicyclic) bond motifs is 1. The van der Waals surface area contributed by atoms with Gasteiger partial charge in [0.15, 0.2) is 0 Å². The first kappa shape index (κ1) is 22.2. The highest BCUT2D eigenvalue weighted by atomic mass is 16.9. The van der Waals surface area contributed by atoms with Crippen molar-refractivity contribution in [3.63, 3.8) is 0 Å². The van der Waals surface area contributed by atoms with Crippen molar-refractivity contribution in [2.45, 2.75) is 55.6 Å². The number of benzene rings is 1. The third-order valence-electron chi connectivity index (χ3n) is 8.92. The highest BCUT2D eigenvalue weighted by molar-refractivity contribution is 5.89. The van der Waals surface area contributed by atoms with E-state index in [9.17, 15) is 25.2 Å². The second kappa shape index (κ2) is 6.96. The molecule has 1 spiro atoms. The van der Waals surface area contributed by atoms with E-state index in [1.807, 2.05) is 0 Å². The molecule has 5 aliphatic rings. The Labute approximate surface area is 185 Å². The van der Waals surface area contributed by atoms with Crippen molar-refractivity contribution in [2.75, 3.05) is 26.9 Å². The number of ether oxygens (including phenoxy) is 4. The molecule has 0 radical (unpaired) electrons. The minimum atomic E-state index is -1.92. The summed E-state index contributed by atoms with van der Waals surface area (Å²) in [4.78, 5) is 12.6. The van der Waals surface area contributed by atoms with Gasteiger partial charge in [0.1, 0.15) is 11.7 Å². The molecule has 4 bridgehead atoms. The van der Waals surface area contributed by atoms with Crippen molar-refractivity contribution < 1.29 is 44.2 Å². The minimum Gasteiger partial charge on any atom is -0.462 e. The Morgan fingerprint density at radius 3 is 2.62 bits per heavy atom. The summed E-state index contributed by atoms with van der Waals surface area (Å²) >= 11 is 0. The molecule has 8 atom stereocenters. The third kappa shape index (κ3) is 2.34. The number of aliphatic hydroxyl groups is 4. The van der Waals surface area contributed by atoms with Crippen molar-refractivity contribution in [3.05, 3.63) is 35.9 Å². The molecule has 32 heavy (non-hydrogen) atoms. The number of carbonyl (C=O) groups excluding carboxylic acids is 1. The fourth-order valence-electron chi connectivity index (χ4n) is 6.97. The van der Waals surface area contributed by atoms with Gasteiger partial charge in [-0.05, 0) is 31.4 Å². The van der Waals surface area contributed by atoms with Crippen LogP contribution in [0.5, 0.6) is 0 Å². The summed E-state index contributed by atoms with van der Waals surface area (Å²) in [7, 11) is 1.32. The molecule has 4 N–H and O–H groups in total. The third-order valence-corrected chi connectivity index (χ3v) is 8.92. The maximum atomic E-state index is 12.6. The topological polar surface area (TPSA) is 135 Å². The Hall–Kier alpha value is -1.59. The molecule has 2 aliphatic carbocycles. The van der Waals surface area contributed by atoms with Crippen LogP contribution in [-0.4, -0.2) is 82.7 Å². The monoisotopic (exact) mass is 450 g/mol. The van der Waals surface area contributed by atoms with E-state index in [0.717, 1.165) is 0 Å². The van der Waals surface area contributed by atoms with Crippen molar-refractivity contribution >= 4 is 5.97 Å². The predicted octanol–water partition coefficient (Wildman–Crippen LogP) is 0.194. The Kier molecular flexibility index (Phi) is 4.83. The lowest BCUT2D eigenvalue weighted by molar-refractivity contribution is -0.466. The van der Waals surface area contributed by atoms with Crippen LogP contribution in [-0.2, 0) is 18.9 Å². The van der Waals surface area contributed by atoms with Gasteiger partial charge in [0.25, 0.3) is 0 Å². The van der Waals surface area contributed by atoms with Crippen LogP contribution in [0.2, 0.25) is 0 Å². The first-order chi connectivity index (χ1) is 15.1. The molecular weight excluding hydrogens is 420 g/mol. The van der Waals surface area contributed by atoms with Crippen molar-refractivity contribution in [1.29, 1.82) is 0 Å². The van der Waals surface area contributed by atoms with Crippen LogP contribution < -0.4 is 0 Å². The van der Waals surface area contributed by atoms with Gasteiger partial charge < -0.3 is 39.4 Å². The average molecular weight is 450 g/mol. The summed E-state index contributed by atoms with van der Waals surface area (Å²) in [5.41, 5.74) is -5.64. The molecule has 9 heteroatoms. The van der Waals surface area contributed by atoms with Gasteiger partial charge in [0, 0.05) is 18.4 Å². The van der Waals surface area contributed by atoms with Crippen LogP contribution in [0, 0.1) is 16.7 Å². The van der Waals surface area contributed by atoms with E-state index in [2.05, 4.69) is 0 Å². The highest BCUT2D eigenvalue weighted by Crippen LogP contribution is 2.73. The number of hydrogen-bond donors (Lipinski definition) is 4. The number of methoxy groups -OCH3 is 1. The molecule has 5 fully saturated rings. The molecule has 3 aliphatic heterocycles. The molecule has 0 aromatic heterocycles. The molecule has 3 saturated heterocycles. The highest BCUT2D eigenvalue weighted by Gasteiger charge is 2.86. The van der Waals surface area contributed by atoms with Crippen molar-refractivity contribution in [3.8, 4) is 0 Å². The van der Waals surface area contributed by atoms with Gasteiger partial charge in [-0.25, -0.2) is 4.79 Å². The summed E-state index contributed by atoms with van der Waals surface area (Å²) in [6.07, 6.45) is -1.64. The molecule has 0 amide bonds. The van der Waals surface area contributed by atoms with Gasteiger partial charge in [-0.3, -0.25) is 0 Å². The average Bonchev–Trinajstić information content (AvgIpc) is 3.05. The SMILES string of the molecule is CO[C@]12OC[C@@]3(C)[C@@]4(O)CC[C@@H](COC(=O)c5ccccc5)C4(CC(O1)[C@@]3(O)CO)[C@H]2O. The van der Waals surface area contributed by atoms with Gasteiger partial charge in [-0.2, -0.15) is 0 Å². The van der Waals surface area contributed by atoms with Crippen LogP contribution >= 0.6 is 0 Å². The number of rotatable bonds is 5. The van der Waals surface area contributed by atoms with Gasteiger partial charge >= 0.3 is 11.9 Å². The van der Waals surface area contributed by atoms with Crippen LogP contribution in [0.3, 0.4) is 0 Å². The first-order valence-corrected chi connectivity index (χ1v) is 11.0. The second-order valence-electron chi connectivity index (χ2n) is 9.82. The summed E-state index contributed by atoms with van der Waals surface area (Å²) in [6.45, 7) is 0.766. The zero-order chi connectivity index (χ0) is 23.0. The number of esters is 1. The lowest BCUT2D eigenvalue weighted by Crippen LogP contribution is -2.82. The largest absolute Gasteiger partial charge is 0.462 e. The van der Waals surface area contributed by atoms with Crippen molar-refractivity contribution in [2.24, 2.45) is 16.7 Å². The number of hydrogen-bond acceptors (Lipinski definition) is 9. The normalized spacial score (nSPS) is 49.0. The minimum absolute atomic E-state index is 0.0345. The fraction of sp³-hybridized carbons (Fsp3) is 0.696. The van der Waals surface area contributed by atoms with E-state index in [1.54, 1.807) is 37.3 Å². The van der Waals surface area contributed by atoms with E-state index in [1.165, 1.54) is 7.11 Å². The summed E-state index contributed by atoms with van der Waals surface area (Å²) < 4.78 is 22.9. The molecule has 2 saturated carbocycles. The van der Waals surface area contributed by atoms with Gasteiger partial charge in [-0.15, -0.1) is 0 Å². The zero-order valence-electron chi connectivity index (χ0n) is 18.2. The van der Waals surface area contributed by atoms with E-state index >= 15 is 0 Å². The number of aliphatic hydroxyl groups excluding tert-OH is 2. The Balaban J connectivity index is 1.56. The molecule has 1 aromatic carbocycles. The van der Waals surface area contributed by atoms with E-state index in [4.69, 9.17) is 18.9 Å². The molecule has 2 unspecified atom stereocenters. The van der Waals surface area contributed by atoms with Gasteiger partial charge in [0.05, 0.1) is 42.5 Å². The lowest BCUT2D eigenvalue weighted by Gasteiger charge is -2.67. The fourth-order valence-corrected chi connectivity index (χ4v) is 6.97. The molecular formula is C23H30O9. The van der Waals surface area contributed by atoms with Crippen LogP contribution in [0.4, 0.5) is 0 Å². The van der Waals surface area contributed by atoms with E-state index in [0.29, 0.717) is 12.0 Å². The van der Waals surface area contributed by atoms with Crippen LogP contribution in [0.1, 0.15) is 36.5 Å². The van der Waals surface area contributed by atoms with Crippen LogP contribution in [0.25, 0.3) is 0 Å². The Morgan fingerprint density at radius 2 is 1.97 bits per heavy atom. The summed E-state index contributed by atoms with van der Waals surface area (Å²) in [6, 6.07) is 8.59. The Bertz CT molecular complexity index is 910. The van der Waals surface area contributed by atoms with Gasteiger partial charge in [0.2, 0.25) is 0 Å². The maximum Gasteiger partial charge on any atom is 0.338 e. The van der Waals surface area contributed by atoms with E-state index in [-0.39, 0.29) is 26.1 Å². The van der Waals surface area contributed by atoms with E-state index < -0.39 is 58.7 Å². The second-order valence-corrected chi connectivity index (χ2v) is 9.82. The molecule has 176 valence electrons. The maximum absolute atomic E-state index is 12.6. The smallest absolute Gasteiger partial charge is 0.338 e. The van der Waals surface area contributed by atoms with Gasteiger partial charge in [-0.1, -0.05) is 25.1 Å². The summed E-state index contributed by atoms with van der Waals surface area (Å²) in [5, 5.41) is 45.5. The molecule has 9 nitrogen and oxygen atoms in total. The number of carbonyl (C=O) groups is 1. The quantitative estimate of drug-likeness (QED) is 0.464. The first-order valence-electron chi connectivity index (χ1n) is 11.0. The zero-order valence-corrected chi connectivity index (χ0v) is 18.2. The molecule has 3 heterocycles. The molecule has 6 rings (SSSR count). The summed E-state index contributed by atoms with van der Waals surface area (Å²) in [5.74, 6) is -2.86. The van der Waals surface area contributed by atoms with Crippen molar-refractivity contribution in [1.82, 2.24) is 0 Å². The standard InChI is InChI=1S/C23H30O9/c1-19-13-31-23(29-2)18(26)20(10-16(32-23)21(19,27)12-24)15(8-9-22(19,20)28)11-30-17(25)14-6-4-3-5-7-14/h3-7,15-16,18,24,26-28H,8-13H2,1-2H3/t15-,16?,18+,19+,20?,21-,22-,23+/m0/s1. The van der Waals surface area contributed by atoms with Crippen LogP contribution in [0.15, 0.2) is 30.3 Å². The predicted molar refractivity (Wildman–Crippen MR) is 108 cm³/mol. The molecule has 1 aromatic rings.